The molecule has 1 aliphatic heterocycles. The standard InChI is InChI=1S/C14H16ClNO3/c1-19-12-4-10(15)2-3-11(12)13(18)16-6-9-5-14(9,7-16)8-17/h2-4,9,17H,5-8H2,1H3/t9-,14+/m1/s1. The number of likely N-dealkylation sites (tertiary alicyclic amines) is 1. The number of aliphatic hydroxyl groups excluding tert-OH is 1. The normalized spacial score (nSPS) is 28.2. The number of fused-ring (bicyclic) bond motifs is 1. The maximum absolute atomic E-state index is 12.5. The summed E-state index contributed by atoms with van der Waals surface area (Å²) in [4.78, 5) is 14.3. The highest BCUT2D eigenvalue weighted by molar-refractivity contribution is 6.30. The maximum Gasteiger partial charge on any atom is 0.257 e. The fraction of sp³-hybridized carbons (Fsp3) is 0.500. The van der Waals surface area contributed by atoms with Gasteiger partial charge in [-0.1, -0.05) is 11.6 Å². The molecule has 0 unspecified atom stereocenters. The van der Waals surface area contributed by atoms with E-state index in [0.717, 1.165) is 13.0 Å². The third kappa shape index (κ3) is 1.99. The van der Waals surface area contributed by atoms with E-state index in [1.54, 1.807) is 23.1 Å². The molecule has 1 N–H and O–H groups in total. The summed E-state index contributed by atoms with van der Waals surface area (Å²) in [6, 6.07) is 5.03. The van der Waals surface area contributed by atoms with Crippen molar-refractivity contribution in [3.8, 4) is 5.75 Å². The average Bonchev–Trinajstić information content (AvgIpc) is 2.99. The minimum Gasteiger partial charge on any atom is -0.496 e. The molecule has 1 heterocycles. The van der Waals surface area contributed by atoms with Gasteiger partial charge < -0.3 is 14.7 Å². The summed E-state index contributed by atoms with van der Waals surface area (Å²) >= 11 is 5.90. The summed E-state index contributed by atoms with van der Waals surface area (Å²) in [5.74, 6) is 0.907. The van der Waals surface area contributed by atoms with Crippen molar-refractivity contribution in [2.24, 2.45) is 11.3 Å². The summed E-state index contributed by atoms with van der Waals surface area (Å²) in [6.45, 7) is 1.53. The topological polar surface area (TPSA) is 49.8 Å². The summed E-state index contributed by atoms with van der Waals surface area (Å²) < 4.78 is 5.22. The Balaban J connectivity index is 1.82. The molecule has 0 radical (unpaired) electrons. The average molecular weight is 282 g/mol. The molecule has 5 heteroatoms. The van der Waals surface area contributed by atoms with E-state index in [0.29, 0.717) is 28.8 Å². The van der Waals surface area contributed by atoms with Crippen LogP contribution in [0.25, 0.3) is 0 Å². The predicted octanol–water partition coefficient (Wildman–Crippen LogP) is 1.80. The number of ether oxygens (including phenoxy) is 1. The number of halogens is 1. The number of hydrogen-bond donors (Lipinski definition) is 1. The van der Waals surface area contributed by atoms with E-state index in [-0.39, 0.29) is 17.9 Å². The molecule has 3 rings (SSSR count). The largest absolute Gasteiger partial charge is 0.496 e. The lowest BCUT2D eigenvalue weighted by molar-refractivity contribution is 0.0748. The smallest absolute Gasteiger partial charge is 0.257 e. The fourth-order valence-electron chi connectivity index (χ4n) is 3.00. The monoisotopic (exact) mass is 281 g/mol. The van der Waals surface area contributed by atoms with E-state index >= 15 is 0 Å². The lowest BCUT2D eigenvalue weighted by atomic mass is 10.1. The van der Waals surface area contributed by atoms with E-state index in [4.69, 9.17) is 16.3 Å². The Morgan fingerprint density at radius 3 is 3.05 bits per heavy atom. The summed E-state index contributed by atoms with van der Waals surface area (Å²) in [5, 5.41) is 9.94. The van der Waals surface area contributed by atoms with Crippen molar-refractivity contribution in [3.63, 3.8) is 0 Å². The van der Waals surface area contributed by atoms with Gasteiger partial charge in [0.25, 0.3) is 5.91 Å². The van der Waals surface area contributed by atoms with Crippen LogP contribution in [0, 0.1) is 11.3 Å². The van der Waals surface area contributed by atoms with Crippen LogP contribution in [-0.4, -0.2) is 42.7 Å². The number of amides is 1. The fourth-order valence-corrected chi connectivity index (χ4v) is 3.17. The molecule has 1 aromatic rings. The zero-order valence-electron chi connectivity index (χ0n) is 10.7. The quantitative estimate of drug-likeness (QED) is 0.919. The first-order chi connectivity index (χ1) is 9.09. The van der Waals surface area contributed by atoms with Crippen LogP contribution < -0.4 is 4.74 Å². The van der Waals surface area contributed by atoms with Gasteiger partial charge in [-0.3, -0.25) is 4.79 Å². The van der Waals surface area contributed by atoms with Gasteiger partial charge in [-0.25, -0.2) is 0 Å². The number of aliphatic hydroxyl groups is 1. The van der Waals surface area contributed by atoms with Gasteiger partial charge in [0.15, 0.2) is 0 Å². The summed E-state index contributed by atoms with van der Waals surface area (Å²) in [7, 11) is 1.53. The lowest BCUT2D eigenvalue weighted by Crippen LogP contribution is -2.32. The molecule has 1 aromatic carbocycles. The number of carbonyl (C=O) groups excluding carboxylic acids is 1. The van der Waals surface area contributed by atoms with Crippen LogP contribution in [0.4, 0.5) is 0 Å². The summed E-state index contributed by atoms with van der Waals surface area (Å²) in [6.07, 6.45) is 1.03. The zero-order valence-corrected chi connectivity index (χ0v) is 11.5. The molecule has 1 amide bonds. The molecule has 2 aliphatic rings. The second-order valence-corrected chi connectivity index (χ2v) is 5.89. The molecule has 0 aromatic heterocycles. The van der Waals surface area contributed by atoms with Crippen molar-refractivity contribution in [2.45, 2.75) is 6.42 Å². The predicted molar refractivity (Wildman–Crippen MR) is 71.5 cm³/mol. The Kier molecular flexibility index (Phi) is 2.95. The number of hydrogen-bond acceptors (Lipinski definition) is 3. The molecule has 1 saturated carbocycles. The van der Waals surface area contributed by atoms with Crippen molar-refractivity contribution in [3.05, 3.63) is 28.8 Å². The van der Waals surface area contributed by atoms with Crippen molar-refractivity contribution < 1.29 is 14.6 Å². The highest BCUT2D eigenvalue weighted by atomic mass is 35.5. The highest BCUT2D eigenvalue weighted by Gasteiger charge is 2.60. The number of piperidine rings is 1. The molecular weight excluding hydrogens is 266 g/mol. The molecule has 1 aliphatic carbocycles. The van der Waals surface area contributed by atoms with E-state index in [1.165, 1.54) is 7.11 Å². The van der Waals surface area contributed by atoms with Gasteiger partial charge in [0.1, 0.15) is 5.75 Å². The Morgan fingerprint density at radius 1 is 1.63 bits per heavy atom. The maximum atomic E-state index is 12.5. The van der Waals surface area contributed by atoms with E-state index in [9.17, 15) is 9.90 Å². The van der Waals surface area contributed by atoms with Gasteiger partial charge in [0, 0.05) is 23.5 Å². The highest BCUT2D eigenvalue weighted by Crippen LogP contribution is 2.57. The van der Waals surface area contributed by atoms with Crippen molar-refractivity contribution in [2.75, 3.05) is 26.8 Å². The number of rotatable bonds is 3. The molecule has 2 atom stereocenters. The zero-order chi connectivity index (χ0) is 13.6. The molecule has 2 fully saturated rings. The van der Waals surface area contributed by atoms with Crippen LogP contribution in [-0.2, 0) is 0 Å². The van der Waals surface area contributed by atoms with E-state index < -0.39 is 0 Å². The van der Waals surface area contributed by atoms with Gasteiger partial charge in [-0.2, -0.15) is 0 Å². The number of benzene rings is 1. The second-order valence-electron chi connectivity index (χ2n) is 5.45. The van der Waals surface area contributed by atoms with Crippen LogP contribution in [0.3, 0.4) is 0 Å². The van der Waals surface area contributed by atoms with Gasteiger partial charge >= 0.3 is 0 Å². The Hall–Kier alpha value is -1.26. The summed E-state index contributed by atoms with van der Waals surface area (Å²) in [5.41, 5.74) is 0.497. The minimum absolute atomic E-state index is 0.0324. The van der Waals surface area contributed by atoms with Crippen molar-refractivity contribution in [1.29, 1.82) is 0 Å². The molecule has 102 valence electrons. The Bertz CT molecular complexity index is 529. The molecule has 19 heavy (non-hydrogen) atoms. The van der Waals surface area contributed by atoms with Gasteiger partial charge in [-0.15, -0.1) is 0 Å². The first kappa shape index (κ1) is 12.8. The molecule has 0 spiro atoms. The van der Waals surface area contributed by atoms with E-state index in [2.05, 4.69) is 0 Å². The van der Waals surface area contributed by atoms with Crippen LogP contribution >= 0.6 is 11.6 Å². The van der Waals surface area contributed by atoms with Crippen LogP contribution in [0.2, 0.25) is 5.02 Å². The SMILES string of the molecule is COc1cc(Cl)ccc1C(=O)N1C[C@H]2C[C@@]2(CO)C1. The first-order valence-electron chi connectivity index (χ1n) is 6.33. The number of nitrogens with zero attached hydrogens (tertiary/aromatic N) is 1. The van der Waals surface area contributed by atoms with Crippen molar-refractivity contribution in [1.82, 2.24) is 4.90 Å². The van der Waals surface area contributed by atoms with Crippen LogP contribution in [0.5, 0.6) is 5.75 Å². The second kappa shape index (κ2) is 4.39. The van der Waals surface area contributed by atoms with Gasteiger partial charge in [-0.05, 0) is 30.5 Å². The third-order valence-corrected chi connectivity index (χ3v) is 4.54. The minimum atomic E-state index is -0.0476. The third-order valence-electron chi connectivity index (χ3n) is 4.30. The number of carbonyl (C=O) groups is 1. The molecule has 0 bridgehead atoms. The number of methoxy groups -OCH3 is 1. The Labute approximate surface area is 116 Å². The van der Waals surface area contributed by atoms with Gasteiger partial charge in [0.05, 0.1) is 19.3 Å². The molecule has 1 saturated heterocycles. The lowest BCUT2D eigenvalue weighted by Gasteiger charge is -2.21. The van der Waals surface area contributed by atoms with E-state index in [1.807, 2.05) is 0 Å². The van der Waals surface area contributed by atoms with Crippen molar-refractivity contribution >= 4 is 17.5 Å². The van der Waals surface area contributed by atoms with Gasteiger partial charge in [0.2, 0.25) is 0 Å². The van der Waals surface area contributed by atoms with Crippen LogP contribution in [0.1, 0.15) is 16.8 Å². The Morgan fingerprint density at radius 2 is 2.42 bits per heavy atom. The van der Waals surface area contributed by atoms with Crippen LogP contribution in [0.15, 0.2) is 18.2 Å². The molecular formula is C14H16ClNO3. The first-order valence-corrected chi connectivity index (χ1v) is 6.71. The molecule has 4 nitrogen and oxygen atoms in total.